The molecule has 0 saturated heterocycles. The average molecular weight is 250 g/mol. The number of benzene rings is 1. The summed E-state index contributed by atoms with van der Waals surface area (Å²) in [5.41, 5.74) is 0.707. The van der Waals surface area contributed by atoms with Gasteiger partial charge in [0.1, 0.15) is 12.4 Å². The second-order valence-electron chi connectivity index (χ2n) is 4.62. The Kier molecular flexibility index (Phi) is 6.44. The van der Waals surface area contributed by atoms with Crippen LogP contribution < -0.4 is 4.74 Å². The molecular formula is C15H22O3. The highest BCUT2D eigenvalue weighted by Gasteiger charge is 2.04. The molecule has 0 atom stereocenters. The molecule has 0 heterocycles. The molecule has 0 radical (unpaired) electrons. The van der Waals surface area contributed by atoms with Crippen LogP contribution in [0.1, 0.15) is 37.6 Å². The second kappa shape index (κ2) is 7.88. The highest BCUT2D eigenvalue weighted by Crippen LogP contribution is 2.14. The van der Waals surface area contributed by atoms with Crippen LogP contribution in [0.25, 0.3) is 0 Å². The Balaban J connectivity index is 2.36. The lowest BCUT2D eigenvalue weighted by Crippen LogP contribution is -2.10. The Morgan fingerprint density at radius 2 is 2.06 bits per heavy atom. The van der Waals surface area contributed by atoms with Crippen molar-refractivity contribution in [1.29, 1.82) is 0 Å². The number of ether oxygens (including phenoxy) is 2. The third-order valence-corrected chi connectivity index (χ3v) is 2.42. The highest BCUT2D eigenvalue weighted by atomic mass is 16.5. The zero-order chi connectivity index (χ0) is 13.4. The van der Waals surface area contributed by atoms with Gasteiger partial charge in [-0.2, -0.15) is 0 Å². The van der Waals surface area contributed by atoms with Crippen molar-refractivity contribution >= 4 is 5.78 Å². The molecule has 0 spiro atoms. The summed E-state index contributed by atoms with van der Waals surface area (Å²) in [6.07, 6.45) is 0.515. The number of carbonyl (C=O) groups is 1. The van der Waals surface area contributed by atoms with Crippen LogP contribution in [0.15, 0.2) is 24.3 Å². The van der Waals surface area contributed by atoms with Gasteiger partial charge in [0.15, 0.2) is 5.78 Å². The van der Waals surface area contributed by atoms with E-state index in [9.17, 15) is 4.79 Å². The molecule has 0 aromatic heterocycles. The molecule has 1 aromatic carbocycles. The summed E-state index contributed by atoms with van der Waals surface area (Å²) in [7, 11) is 0. The minimum absolute atomic E-state index is 0.136. The minimum atomic E-state index is 0.136. The van der Waals surface area contributed by atoms with Gasteiger partial charge in [-0.05, 0) is 18.1 Å². The van der Waals surface area contributed by atoms with Crippen molar-refractivity contribution in [1.82, 2.24) is 0 Å². The Bertz CT molecular complexity index is 372. The standard InChI is InChI=1S/C15H22O3/c1-4-15(16)13-6-5-7-14(10-13)18-9-8-17-11-12(2)3/h5-7,10,12H,4,8-9,11H2,1-3H3. The number of carbonyl (C=O) groups excluding carboxylic acids is 1. The van der Waals surface area contributed by atoms with Gasteiger partial charge in [-0.15, -0.1) is 0 Å². The number of hydrogen-bond donors (Lipinski definition) is 0. The fourth-order valence-electron chi connectivity index (χ4n) is 1.50. The summed E-state index contributed by atoms with van der Waals surface area (Å²) >= 11 is 0. The lowest BCUT2D eigenvalue weighted by molar-refractivity contribution is 0.0818. The van der Waals surface area contributed by atoms with Crippen molar-refractivity contribution in [2.24, 2.45) is 5.92 Å². The van der Waals surface area contributed by atoms with Crippen LogP contribution >= 0.6 is 0 Å². The lowest BCUT2D eigenvalue weighted by Gasteiger charge is -2.09. The lowest BCUT2D eigenvalue weighted by atomic mass is 10.1. The summed E-state index contributed by atoms with van der Waals surface area (Å²) < 4.78 is 11.0. The molecule has 1 aromatic rings. The molecule has 0 fully saturated rings. The topological polar surface area (TPSA) is 35.5 Å². The predicted molar refractivity (Wildman–Crippen MR) is 72.2 cm³/mol. The molecule has 1 rings (SSSR count). The molecule has 0 aliphatic carbocycles. The van der Waals surface area contributed by atoms with Gasteiger partial charge >= 0.3 is 0 Å². The van der Waals surface area contributed by atoms with E-state index in [-0.39, 0.29) is 5.78 Å². The molecule has 18 heavy (non-hydrogen) atoms. The molecule has 3 nitrogen and oxygen atoms in total. The van der Waals surface area contributed by atoms with E-state index in [1.807, 2.05) is 25.1 Å². The van der Waals surface area contributed by atoms with E-state index >= 15 is 0 Å². The van der Waals surface area contributed by atoms with Crippen LogP contribution in [0.2, 0.25) is 0 Å². The Labute approximate surface area is 109 Å². The van der Waals surface area contributed by atoms with E-state index in [4.69, 9.17) is 9.47 Å². The van der Waals surface area contributed by atoms with Crippen molar-refractivity contribution in [3.63, 3.8) is 0 Å². The number of hydrogen-bond acceptors (Lipinski definition) is 3. The Morgan fingerprint density at radius 3 is 2.72 bits per heavy atom. The van der Waals surface area contributed by atoms with Crippen molar-refractivity contribution in [3.05, 3.63) is 29.8 Å². The van der Waals surface area contributed by atoms with E-state index < -0.39 is 0 Å². The highest BCUT2D eigenvalue weighted by molar-refractivity contribution is 5.96. The third-order valence-electron chi connectivity index (χ3n) is 2.42. The molecule has 0 N–H and O–H groups in total. The first-order valence-electron chi connectivity index (χ1n) is 6.47. The van der Waals surface area contributed by atoms with Gasteiger partial charge in [0.2, 0.25) is 0 Å². The van der Waals surface area contributed by atoms with Gasteiger partial charge in [0.05, 0.1) is 6.61 Å². The van der Waals surface area contributed by atoms with Crippen molar-refractivity contribution in [2.45, 2.75) is 27.2 Å². The maximum atomic E-state index is 11.5. The number of rotatable bonds is 8. The third kappa shape index (κ3) is 5.32. The number of Topliss-reactive ketones (excluding diaryl/α,β-unsaturated/α-hetero) is 1. The monoisotopic (exact) mass is 250 g/mol. The minimum Gasteiger partial charge on any atom is -0.491 e. The zero-order valence-corrected chi connectivity index (χ0v) is 11.4. The second-order valence-corrected chi connectivity index (χ2v) is 4.62. The molecular weight excluding hydrogens is 228 g/mol. The molecule has 3 heteroatoms. The maximum Gasteiger partial charge on any atom is 0.162 e. The Morgan fingerprint density at radius 1 is 1.28 bits per heavy atom. The maximum absolute atomic E-state index is 11.5. The van der Waals surface area contributed by atoms with Gasteiger partial charge in [-0.1, -0.05) is 32.9 Å². The van der Waals surface area contributed by atoms with Crippen molar-refractivity contribution in [2.75, 3.05) is 19.8 Å². The first kappa shape index (κ1) is 14.7. The SMILES string of the molecule is CCC(=O)c1cccc(OCCOCC(C)C)c1. The van der Waals surface area contributed by atoms with E-state index in [1.54, 1.807) is 6.07 Å². The summed E-state index contributed by atoms with van der Waals surface area (Å²) in [6, 6.07) is 7.30. The summed E-state index contributed by atoms with van der Waals surface area (Å²) in [5, 5.41) is 0. The van der Waals surface area contributed by atoms with Crippen LogP contribution in [0.3, 0.4) is 0 Å². The first-order chi connectivity index (χ1) is 8.63. The van der Waals surface area contributed by atoms with E-state index in [1.165, 1.54) is 0 Å². The molecule has 0 amide bonds. The first-order valence-corrected chi connectivity index (χ1v) is 6.47. The number of ketones is 1. The fraction of sp³-hybridized carbons (Fsp3) is 0.533. The smallest absolute Gasteiger partial charge is 0.162 e. The predicted octanol–water partition coefficient (Wildman–Crippen LogP) is 3.33. The Hall–Kier alpha value is -1.35. The van der Waals surface area contributed by atoms with Gasteiger partial charge in [0.25, 0.3) is 0 Å². The fourth-order valence-corrected chi connectivity index (χ4v) is 1.50. The zero-order valence-electron chi connectivity index (χ0n) is 11.4. The summed E-state index contributed by atoms with van der Waals surface area (Å²) in [6.45, 7) is 7.91. The van der Waals surface area contributed by atoms with Crippen LogP contribution in [0.5, 0.6) is 5.75 Å². The normalized spacial score (nSPS) is 10.7. The van der Waals surface area contributed by atoms with Gasteiger partial charge in [-0.3, -0.25) is 4.79 Å². The van der Waals surface area contributed by atoms with E-state index in [0.717, 1.165) is 12.4 Å². The van der Waals surface area contributed by atoms with Crippen LogP contribution in [0, 0.1) is 5.92 Å². The molecule has 0 saturated carbocycles. The average Bonchev–Trinajstić information content (AvgIpc) is 2.37. The van der Waals surface area contributed by atoms with Gasteiger partial charge < -0.3 is 9.47 Å². The van der Waals surface area contributed by atoms with Gasteiger partial charge in [-0.25, -0.2) is 0 Å². The molecule has 0 aliphatic rings. The molecule has 0 aliphatic heterocycles. The van der Waals surface area contributed by atoms with E-state index in [0.29, 0.717) is 31.1 Å². The van der Waals surface area contributed by atoms with Crippen LogP contribution in [-0.4, -0.2) is 25.6 Å². The largest absolute Gasteiger partial charge is 0.491 e. The van der Waals surface area contributed by atoms with E-state index in [2.05, 4.69) is 13.8 Å². The van der Waals surface area contributed by atoms with Crippen molar-refractivity contribution in [3.8, 4) is 5.75 Å². The summed E-state index contributed by atoms with van der Waals surface area (Å²) in [4.78, 5) is 11.5. The van der Waals surface area contributed by atoms with Gasteiger partial charge in [0, 0.05) is 18.6 Å². The molecule has 0 unspecified atom stereocenters. The molecule has 0 bridgehead atoms. The summed E-state index contributed by atoms with van der Waals surface area (Å²) in [5.74, 6) is 1.40. The van der Waals surface area contributed by atoms with Crippen LogP contribution in [-0.2, 0) is 4.74 Å². The van der Waals surface area contributed by atoms with Crippen molar-refractivity contribution < 1.29 is 14.3 Å². The molecule has 100 valence electrons. The quantitative estimate of drug-likeness (QED) is 0.524. The van der Waals surface area contributed by atoms with Crippen LogP contribution in [0.4, 0.5) is 0 Å².